The summed E-state index contributed by atoms with van der Waals surface area (Å²) in [6.07, 6.45) is -0.393. The fraction of sp³-hybridized carbons (Fsp3) is 0.417. The summed E-state index contributed by atoms with van der Waals surface area (Å²) < 4.78 is 25.8. The van der Waals surface area contributed by atoms with Crippen molar-refractivity contribution in [2.45, 2.75) is 26.3 Å². The zero-order valence-corrected chi connectivity index (χ0v) is 11.2. The Labute approximate surface area is 107 Å². The molecule has 1 rings (SSSR count). The standard InChI is InChI=1S/C12H17NO4S/c1-9-5-3-4-6-11(9)10(2)13-18(16,17)8-7-12(14)15/h3-6,10,13H,7-8H2,1-2H3,(H,14,15)/t10-/m1/s1. The maximum atomic E-state index is 11.7. The fourth-order valence-corrected chi connectivity index (χ4v) is 2.91. The first kappa shape index (κ1) is 14.7. The minimum atomic E-state index is -3.57. The van der Waals surface area contributed by atoms with Gasteiger partial charge in [-0.1, -0.05) is 24.3 Å². The van der Waals surface area contributed by atoms with Gasteiger partial charge in [-0.05, 0) is 25.0 Å². The second-order valence-corrected chi connectivity index (χ2v) is 6.03. The van der Waals surface area contributed by atoms with Gasteiger partial charge >= 0.3 is 5.97 Å². The molecule has 0 aromatic heterocycles. The van der Waals surface area contributed by atoms with Crippen molar-refractivity contribution >= 4 is 16.0 Å². The summed E-state index contributed by atoms with van der Waals surface area (Å²) in [6.45, 7) is 3.64. The molecule has 0 radical (unpaired) electrons. The van der Waals surface area contributed by atoms with Gasteiger partial charge < -0.3 is 5.11 Å². The molecule has 1 aromatic rings. The third-order valence-corrected chi connectivity index (χ3v) is 4.05. The number of aryl methyl sites for hydroxylation is 1. The topological polar surface area (TPSA) is 83.5 Å². The van der Waals surface area contributed by atoms with E-state index in [2.05, 4.69) is 4.72 Å². The Morgan fingerprint density at radius 1 is 1.39 bits per heavy atom. The van der Waals surface area contributed by atoms with Gasteiger partial charge in [0.15, 0.2) is 0 Å². The van der Waals surface area contributed by atoms with Crippen LogP contribution < -0.4 is 4.72 Å². The van der Waals surface area contributed by atoms with Crippen molar-refractivity contribution in [1.29, 1.82) is 0 Å². The van der Waals surface area contributed by atoms with Crippen LogP contribution in [0.15, 0.2) is 24.3 Å². The molecule has 1 atom stereocenters. The van der Waals surface area contributed by atoms with E-state index in [1.807, 2.05) is 31.2 Å². The van der Waals surface area contributed by atoms with Crippen LogP contribution in [0.2, 0.25) is 0 Å². The van der Waals surface area contributed by atoms with Crippen LogP contribution in [0.3, 0.4) is 0 Å². The maximum Gasteiger partial charge on any atom is 0.304 e. The number of hydrogen-bond donors (Lipinski definition) is 2. The fourth-order valence-electron chi connectivity index (χ4n) is 1.69. The SMILES string of the molecule is Cc1ccccc1[C@@H](C)NS(=O)(=O)CCC(=O)O. The first-order valence-corrected chi connectivity index (χ1v) is 7.24. The Hall–Kier alpha value is -1.40. The summed E-state index contributed by atoms with van der Waals surface area (Å²) >= 11 is 0. The molecule has 6 heteroatoms. The van der Waals surface area contributed by atoms with Crippen LogP contribution in [-0.2, 0) is 14.8 Å². The lowest BCUT2D eigenvalue weighted by atomic mass is 10.0. The van der Waals surface area contributed by atoms with Crippen molar-refractivity contribution in [3.05, 3.63) is 35.4 Å². The zero-order valence-electron chi connectivity index (χ0n) is 10.4. The van der Waals surface area contributed by atoms with Gasteiger partial charge in [0.25, 0.3) is 0 Å². The van der Waals surface area contributed by atoms with Crippen molar-refractivity contribution < 1.29 is 18.3 Å². The van der Waals surface area contributed by atoms with E-state index in [-0.39, 0.29) is 6.04 Å². The van der Waals surface area contributed by atoms with E-state index in [0.717, 1.165) is 11.1 Å². The summed E-state index contributed by atoms with van der Waals surface area (Å²) in [4.78, 5) is 10.4. The monoisotopic (exact) mass is 271 g/mol. The Kier molecular flexibility index (Phi) is 4.86. The highest BCUT2D eigenvalue weighted by atomic mass is 32.2. The van der Waals surface area contributed by atoms with Gasteiger partial charge in [0, 0.05) is 6.04 Å². The third kappa shape index (κ3) is 4.46. The molecule has 100 valence electrons. The minimum Gasteiger partial charge on any atom is -0.481 e. The molecule has 2 N–H and O–H groups in total. The molecule has 1 aromatic carbocycles. The lowest BCUT2D eigenvalue weighted by Crippen LogP contribution is -2.30. The highest BCUT2D eigenvalue weighted by Crippen LogP contribution is 2.17. The third-order valence-electron chi connectivity index (χ3n) is 2.60. The molecule has 0 bridgehead atoms. The van der Waals surface area contributed by atoms with E-state index >= 15 is 0 Å². The van der Waals surface area contributed by atoms with Crippen LogP contribution in [0.4, 0.5) is 0 Å². The molecule has 0 saturated carbocycles. The molecular formula is C12H17NO4S. The molecule has 0 amide bonds. The molecule has 0 heterocycles. The average Bonchev–Trinajstić information content (AvgIpc) is 2.26. The Bertz CT molecular complexity index is 525. The molecule has 0 spiro atoms. The predicted octanol–water partition coefficient (Wildman–Crippen LogP) is 1.45. The first-order chi connectivity index (χ1) is 8.32. The quantitative estimate of drug-likeness (QED) is 0.820. The second kappa shape index (κ2) is 5.97. The summed E-state index contributed by atoms with van der Waals surface area (Å²) in [5.74, 6) is -1.53. The van der Waals surface area contributed by atoms with Gasteiger partial charge in [0.2, 0.25) is 10.0 Å². The van der Waals surface area contributed by atoms with Gasteiger partial charge in [-0.25, -0.2) is 13.1 Å². The van der Waals surface area contributed by atoms with Gasteiger partial charge in [-0.2, -0.15) is 0 Å². The van der Waals surface area contributed by atoms with E-state index in [4.69, 9.17) is 5.11 Å². The van der Waals surface area contributed by atoms with Crippen LogP contribution in [0.25, 0.3) is 0 Å². The summed E-state index contributed by atoms with van der Waals surface area (Å²) in [6, 6.07) is 7.09. The number of benzene rings is 1. The normalized spacial score (nSPS) is 13.2. The molecule has 0 aliphatic rings. The van der Waals surface area contributed by atoms with Gasteiger partial charge in [-0.3, -0.25) is 4.79 Å². The van der Waals surface area contributed by atoms with Gasteiger partial charge in [0.05, 0.1) is 12.2 Å². The largest absolute Gasteiger partial charge is 0.481 e. The van der Waals surface area contributed by atoms with Crippen LogP contribution in [0, 0.1) is 6.92 Å². The molecular weight excluding hydrogens is 254 g/mol. The molecule has 0 unspecified atom stereocenters. The Balaban J connectivity index is 2.73. The first-order valence-electron chi connectivity index (χ1n) is 5.59. The average molecular weight is 271 g/mol. The Morgan fingerprint density at radius 3 is 2.56 bits per heavy atom. The van der Waals surface area contributed by atoms with Crippen LogP contribution in [0.1, 0.15) is 30.5 Å². The van der Waals surface area contributed by atoms with Crippen LogP contribution in [-0.4, -0.2) is 25.2 Å². The Morgan fingerprint density at radius 2 is 2.00 bits per heavy atom. The molecule has 5 nitrogen and oxygen atoms in total. The van der Waals surface area contributed by atoms with Crippen molar-refractivity contribution in [1.82, 2.24) is 4.72 Å². The number of carbonyl (C=O) groups is 1. The van der Waals surface area contributed by atoms with Crippen molar-refractivity contribution in [2.75, 3.05) is 5.75 Å². The number of carboxylic acid groups (broad SMARTS) is 1. The molecule has 18 heavy (non-hydrogen) atoms. The predicted molar refractivity (Wildman–Crippen MR) is 68.8 cm³/mol. The van der Waals surface area contributed by atoms with Crippen molar-refractivity contribution in [3.63, 3.8) is 0 Å². The molecule has 0 saturated heterocycles. The second-order valence-electron chi connectivity index (χ2n) is 4.16. The highest BCUT2D eigenvalue weighted by molar-refractivity contribution is 7.89. The number of nitrogens with one attached hydrogen (secondary N) is 1. The number of hydrogen-bond acceptors (Lipinski definition) is 3. The van der Waals surface area contributed by atoms with E-state index in [9.17, 15) is 13.2 Å². The van der Waals surface area contributed by atoms with E-state index < -0.39 is 28.2 Å². The van der Waals surface area contributed by atoms with Crippen LogP contribution in [0.5, 0.6) is 0 Å². The molecule has 0 fully saturated rings. The number of rotatable bonds is 6. The van der Waals surface area contributed by atoms with Crippen LogP contribution >= 0.6 is 0 Å². The minimum absolute atomic E-state index is 0.370. The lowest BCUT2D eigenvalue weighted by Gasteiger charge is -2.16. The van der Waals surface area contributed by atoms with Crippen molar-refractivity contribution in [2.24, 2.45) is 0 Å². The summed E-state index contributed by atoms with van der Waals surface area (Å²) in [5, 5.41) is 8.48. The lowest BCUT2D eigenvalue weighted by molar-refractivity contribution is -0.136. The van der Waals surface area contributed by atoms with E-state index in [1.165, 1.54) is 0 Å². The zero-order chi connectivity index (χ0) is 13.8. The maximum absolute atomic E-state index is 11.7. The summed E-state index contributed by atoms with van der Waals surface area (Å²) in [5.41, 5.74) is 1.88. The smallest absolute Gasteiger partial charge is 0.304 e. The van der Waals surface area contributed by atoms with Crippen molar-refractivity contribution in [3.8, 4) is 0 Å². The number of carboxylic acids is 1. The number of sulfonamides is 1. The molecule has 0 aliphatic carbocycles. The molecule has 0 aliphatic heterocycles. The van der Waals surface area contributed by atoms with E-state index in [1.54, 1.807) is 6.92 Å². The number of aliphatic carboxylic acids is 1. The van der Waals surface area contributed by atoms with E-state index in [0.29, 0.717) is 0 Å². The van der Waals surface area contributed by atoms with Gasteiger partial charge in [-0.15, -0.1) is 0 Å². The highest BCUT2D eigenvalue weighted by Gasteiger charge is 2.17. The van der Waals surface area contributed by atoms with Gasteiger partial charge in [0.1, 0.15) is 0 Å². The summed E-state index contributed by atoms with van der Waals surface area (Å²) in [7, 11) is -3.57.